The predicted octanol–water partition coefficient (Wildman–Crippen LogP) is 3.05. The van der Waals surface area contributed by atoms with E-state index in [4.69, 9.17) is 9.30 Å². The van der Waals surface area contributed by atoms with E-state index in [-0.39, 0.29) is 8.77 Å². The molecule has 0 bridgehead atoms. The van der Waals surface area contributed by atoms with Crippen molar-refractivity contribution in [1.29, 1.82) is 0 Å². The van der Waals surface area contributed by atoms with Crippen molar-refractivity contribution in [2.45, 2.75) is 53.6 Å². The minimum absolute atomic E-state index is 0.206. The van der Waals surface area contributed by atoms with Crippen LogP contribution in [0.4, 0.5) is 0 Å². The molecule has 0 saturated heterocycles. The zero-order valence-electron chi connectivity index (χ0n) is 15.3. The van der Waals surface area contributed by atoms with Crippen molar-refractivity contribution in [3.8, 4) is 0 Å². The van der Waals surface area contributed by atoms with Crippen LogP contribution < -0.4 is 0 Å². The summed E-state index contributed by atoms with van der Waals surface area (Å²) in [5.74, 6) is 0. The molecule has 25 heavy (non-hydrogen) atoms. The molecule has 0 N–H and O–H groups in total. The van der Waals surface area contributed by atoms with Gasteiger partial charge in [0, 0.05) is 8.77 Å². The van der Waals surface area contributed by atoms with Gasteiger partial charge < -0.3 is 59.2 Å². The molecule has 0 aliphatic carbocycles. The zero-order valence-corrected chi connectivity index (χ0v) is 21.5. The molecule has 0 aromatic rings. The molecule has 0 aliphatic heterocycles. The van der Waals surface area contributed by atoms with Gasteiger partial charge in [-0.3, -0.25) is 0 Å². The number of nitrogens with zero attached hydrogens (tertiary/aromatic N) is 1. The Bertz CT molecular complexity index is 334. The van der Waals surface area contributed by atoms with Gasteiger partial charge in [-0.1, -0.05) is 0 Å². The molecule has 10 heteroatoms. The number of hydrogen-bond donors (Lipinski definition) is 0. The molecule has 0 heterocycles. The maximum atomic E-state index is 7.50. The SMILES string of the molecule is CC(C)N([CH]=[W])C(C)C.CCOC(=S)[S-].CCOC(=S)[S-].[C-]#[O+].[C-]#[O+]. The third kappa shape index (κ3) is 45.5. The van der Waals surface area contributed by atoms with Crippen LogP contribution >= 0.6 is 24.4 Å². The number of hydrogen-bond acceptors (Lipinski definition) is 7. The fourth-order valence-electron chi connectivity index (χ4n) is 1.08. The molecule has 0 atom stereocenters. The second-order valence-corrected chi connectivity index (χ2v) is 6.86. The first kappa shape index (κ1) is 36.2. The van der Waals surface area contributed by atoms with E-state index < -0.39 is 0 Å². The van der Waals surface area contributed by atoms with Crippen LogP contribution in [0.25, 0.3) is 0 Å². The summed E-state index contributed by atoms with van der Waals surface area (Å²) in [6.45, 7) is 22.7. The van der Waals surface area contributed by atoms with Gasteiger partial charge in [0.1, 0.15) is 0 Å². The fourth-order valence-corrected chi connectivity index (χ4v) is 3.30. The van der Waals surface area contributed by atoms with E-state index in [0.29, 0.717) is 25.3 Å². The summed E-state index contributed by atoms with van der Waals surface area (Å²) in [6, 6.07) is 1.31. The summed E-state index contributed by atoms with van der Waals surface area (Å²) in [7, 11) is 0. The molecule has 0 amide bonds. The summed E-state index contributed by atoms with van der Waals surface area (Å²) in [5, 5.41) is 0. The van der Waals surface area contributed by atoms with E-state index in [1.165, 1.54) is 19.4 Å². The zero-order chi connectivity index (χ0) is 21.4. The molecule has 146 valence electrons. The van der Waals surface area contributed by atoms with Crippen molar-refractivity contribution in [2.24, 2.45) is 0 Å². The second kappa shape index (κ2) is 31.9. The van der Waals surface area contributed by atoms with Crippen molar-refractivity contribution < 1.29 is 38.1 Å². The summed E-state index contributed by atoms with van der Waals surface area (Å²) < 4.78 is 26.8. The van der Waals surface area contributed by atoms with E-state index in [1.54, 1.807) is 0 Å². The molecule has 0 fully saturated rings. The normalized spacial score (nSPS) is 7.88. The summed E-state index contributed by atoms with van der Waals surface area (Å²) in [4.78, 5) is 2.37. The first-order valence-electron chi connectivity index (χ1n) is 6.94. The average Bonchev–Trinajstić information content (AvgIpc) is 2.52. The van der Waals surface area contributed by atoms with Gasteiger partial charge in [0.05, 0.1) is 13.2 Å². The molecule has 0 aromatic carbocycles. The van der Waals surface area contributed by atoms with Crippen molar-refractivity contribution in [1.82, 2.24) is 4.90 Å². The van der Waals surface area contributed by atoms with Crippen molar-refractivity contribution in [3.05, 3.63) is 13.3 Å². The Hall–Kier alpha value is 0.218. The number of thiocarbonyl (C=S) groups is 2. The van der Waals surface area contributed by atoms with E-state index >= 15 is 0 Å². The van der Waals surface area contributed by atoms with Crippen LogP contribution in [-0.2, 0) is 63.4 Å². The quantitative estimate of drug-likeness (QED) is 0.210. The Balaban J connectivity index is -0.0000000742. The van der Waals surface area contributed by atoms with Gasteiger partial charge in [-0.15, -0.1) is 0 Å². The van der Waals surface area contributed by atoms with Crippen LogP contribution in [0.2, 0.25) is 0 Å². The van der Waals surface area contributed by atoms with E-state index in [2.05, 4.69) is 110 Å². The van der Waals surface area contributed by atoms with Gasteiger partial charge >= 0.3 is 91.2 Å². The fraction of sp³-hybridized carbons (Fsp3) is 0.667. The number of rotatable bonds is 5. The van der Waals surface area contributed by atoms with Crippen molar-refractivity contribution >= 4 is 63.0 Å². The predicted molar refractivity (Wildman–Crippen MR) is 109 cm³/mol. The number of ether oxygens (including phenoxy) is 2. The standard InChI is InChI=1S/C7H15N.2C3H6OS2.2CO.W/c1-6(2)8(5)7(3)4;2*1-2-4-3(5)6;2*1-2;/h5-7H,1-4H3;2*2H2,1H3,(H,5,6);;;/p-2. The third-order valence-electron chi connectivity index (χ3n) is 1.84. The molecule has 0 spiro atoms. The van der Waals surface area contributed by atoms with E-state index in [1.807, 2.05) is 13.8 Å². The molecule has 0 aliphatic rings. The van der Waals surface area contributed by atoms with Crippen LogP contribution in [0.5, 0.6) is 0 Å². The molecule has 5 nitrogen and oxygen atoms in total. The minimum atomic E-state index is 0.206. The van der Waals surface area contributed by atoms with Gasteiger partial charge in [0.2, 0.25) is 0 Å². The first-order chi connectivity index (χ1) is 11.6. The Morgan fingerprint density at radius 2 is 1.20 bits per heavy atom. The van der Waals surface area contributed by atoms with Gasteiger partial charge in [0.25, 0.3) is 0 Å². The molecule has 0 aromatic heterocycles. The van der Waals surface area contributed by atoms with Gasteiger partial charge in [-0.2, -0.15) is 0 Å². The van der Waals surface area contributed by atoms with Gasteiger partial charge in [-0.05, 0) is 13.8 Å². The molecule has 0 radical (unpaired) electrons. The topological polar surface area (TPSA) is 61.5 Å². The van der Waals surface area contributed by atoms with E-state index in [9.17, 15) is 0 Å². The Morgan fingerprint density at radius 1 is 0.960 bits per heavy atom. The Morgan fingerprint density at radius 3 is 1.20 bits per heavy atom. The van der Waals surface area contributed by atoms with Crippen LogP contribution in [-0.4, -0.2) is 43.5 Å². The van der Waals surface area contributed by atoms with E-state index in [0.717, 1.165) is 0 Å². The molecule has 0 rings (SSSR count). The maximum absolute atomic E-state index is 7.50. The van der Waals surface area contributed by atoms with Crippen LogP contribution in [0.15, 0.2) is 0 Å². The molecule has 0 saturated carbocycles. The van der Waals surface area contributed by atoms with Crippen LogP contribution in [0.1, 0.15) is 41.5 Å². The van der Waals surface area contributed by atoms with Gasteiger partial charge in [-0.25, -0.2) is 0 Å². The molecule has 0 unspecified atom stereocenters. The Kier molecular flexibility index (Phi) is 46.2. The summed E-state index contributed by atoms with van der Waals surface area (Å²) in [6.07, 6.45) is 0. The van der Waals surface area contributed by atoms with Crippen molar-refractivity contribution in [2.75, 3.05) is 13.2 Å². The van der Waals surface area contributed by atoms with Gasteiger partial charge in [0.15, 0.2) is 0 Å². The van der Waals surface area contributed by atoms with Crippen molar-refractivity contribution in [3.63, 3.8) is 0 Å². The molecular weight excluding hydrogens is 570 g/mol. The summed E-state index contributed by atoms with van der Waals surface area (Å²) >= 11 is 19.1. The summed E-state index contributed by atoms with van der Waals surface area (Å²) in [5.41, 5.74) is 0. The van der Waals surface area contributed by atoms with Crippen LogP contribution in [0, 0.1) is 13.3 Å². The second-order valence-electron chi connectivity index (χ2n) is 4.11. The third-order valence-corrected chi connectivity index (χ3v) is 3.18. The molecular formula is C15H25NO4S4W-2. The Labute approximate surface area is 185 Å². The first-order valence-corrected chi connectivity index (χ1v) is 10.3. The average molecular weight is 595 g/mol. The van der Waals surface area contributed by atoms with Crippen LogP contribution in [0.3, 0.4) is 0 Å². The monoisotopic (exact) mass is 595 g/mol.